The molecule has 1 aromatic rings. The molecule has 0 unspecified atom stereocenters. The van der Waals surface area contributed by atoms with E-state index < -0.39 is 0 Å². The first-order valence-corrected chi connectivity index (χ1v) is 7.59. The standard InChI is InChI=1S/C14H26ClN3O/c1-4-14(5-2)18-8-6-13(16-18)12-17(9-7-15)10-11-19-3/h6,8,14H,4-5,7,9-12H2,1-3H3. The lowest BCUT2D eigenvalue weighted by molar-refractivity contribution is 0.147. The van der Waals surface area contributed by atoms with Gasteiger partial charge < -0.3 is 4.74 Å². The van der Waals surface area contributed by atoms with Crippen LogP contribution in [0.15, 0.2) is 12.3 Å². The quantitative estimate of drug-likeness (QED) is 0.620. The number of nitrogens with zero attached hydrogens (tertiary/aromatic N) is 3. The van der Waals surface area contributed by atoms with Crippen LogP contribution in [0.2, 0.25) is 0 Å². The van der Waals surface area contributed by atoms with Crippen molar-refractivity contribution in [1.29, 1.82) is 0 Å². The predicted molar refractivity (Wildman–Crippen MR) is 79.7 cm³/mol. The van der Waals surface area contributed by atoms with Crippen LogP contribution in [-0.4, -0.2) is 47.4 Å². The molecule has 0 spiro atoms. The van der Waals surface area contributed by atoms with Crippen LogP contribution in [-0.2, 0) is 11.3 Å². The SMILES string of the molecule is CCC(CC)n1ccc(CN(CCCl)CCOC)n1. The Bertz CT molecular complexity index is 339. The fourth-order valence-corrected chi connectivity index (χ4v) is 2.41. The van der Waals surface area contributed by atoms with Gasteiger partial charge in [0.25, 0.3) is 0 Å². The molecule has 5 heteroatoms. The molecule has 1 aromatic heterocycles. The molecule has 0 aromatic carbocycles. The molecule has 1 heterocycles. The molecule has 0 fully saturated rings. The van der Waals surface area contributed by atoms with E-state index in [1.54, 1.807) is 7.11 Å². The van der Waals surface area contributed by atoms with Gasteiger partial charge in [-0.1, -0.05) is 13.8 Å². The van der Waals surface area contributed by atoms with Crippen molar-refractivity contribution >= 4 is 11.6 Å². The molecule has 0 aliphatic rings. The monoisotopic (exact) mass is 287 g/mol. The Morgan fingerprint density at radius 1 is 1.37 bits per heavy atom. The van der Waals surface area contributed by atoms with Crippen LogP contribution < -0.4 is 0 Å². The van der Waals surface area contributed by atoms with Gasteiger partial charge in [-0.3, -0.25) is 9.58 Å². The number of halogens is 1. The van der Waals surface area contributed by atoms with Gasteiger partial charge in [0.15, 0.2) is 0 Å². The molecule has 0 aliphatic heterocycles. The van der Waals surface area contributed by atoms with Crippen molar-refractivity contribution in [2.75, 3.05) is 32.7 Å². The van der Waals surface area contributed by atoms with E-state index in [-0.39, 0.29) is 0 Å². The molecule has 0 N–H and O–H groups in total. The third-order valence-electron chi connectivity index (χ3n) is 3.38. The number of rotatable bonds is 10. The van der Waals surface area contributed by atoms with E-state index in [9.17, 15) is 0 Å². The Balaban J connectivity index is 2.58. The highest BCUT2D eigenvalue weighted by Crippen LogP contribution is 2.15. The zero-order chi connectivity index (χ0) is 14.1. The van der Waals surface area contributed by atoms with Gasteiger partial charge in [0.1, 0.15) is 0 Å². The van der Waals surface area contributed by atoms with Gasteiger partial charge in [-0.25, -0.2) is 0 Å². The first kappa shape index (κ1) is 16.5. The normalized spacial score (nSPS) is 11.7. The molecule has 1 rings (SSSR count). The van der Waals surface area contributed by atoms with Crippen molar-refractivity contribution in [2.45, 2.75) is 39.3 Å². The summed E-state index contributed by atoms with van der Waals surface area (Å²) >= 11 is 5.83. The molecule has 0 bridgehead atoms. The highest BCUT2D eigenvalue weighted by molar-refractivity contribution is 6.18. The highest BCUT2D eigenvalue weighted by atomic mass is 35.5. The summed E-state index contributed by atoms with van der Waals surface area (Å²) in [5.74, 6) is 0.636. The van der Waals surface area contributed by atoms with Gasteiger partial charge in [0, 0.05) is 38.8 Å². The molecular formula is C14H26ClN3O. The van der Waals surface area contributed by atoms with E-state index in [0.29, 0.717) is 11.9 Å². The molecule has 0 radical (unpaired) electrons. The summed E-state index contributed by atoms with van der Waals surface area (Å²) < 4.78 is 7.21. The molecule has 0 aliphatic carbocycles. The summed E-state index contributed by atoms with van der Waals surface area (Å²) in [4.78, 5) is 2.27. The van der Waals surface area contributed by atoms with E-state index in [2.05, 4.69) is 40.8 Å². The Morgan fingerprint density at radius 2 is 2.11 bits per heavy atom. The summed E-state index contributed by atoms with van der Waals surface area (Å²) in [6, 6.07) is 2.61. The second kappa shape index (κ2) is 9.34. The Morgan fingerprint density at radius 3 is 2.68 bits per heavy atom. The van der Waals surface area contributed by atoms with Crippen LogP contribution in [0.4, 0.5) is 0 Å². The van der Waals surface area contributed by atoms with E-state index in [1.807, 2.05) is 0 Å². The number of alkyl halides is 1. The topological polar surface area (TPSA) is 30.3 Å². The lowest BCUT2D eigenvalue weighted by atomic mass is 10.2. The second-order valence-electron chi connectivity index (χ2n) is 4.72. The van der Waals surface area contributed by atoms with Crippen molar-refractivity contribution in [1.82, 2.24) is 14.7 Å². The number of methoxy groups -OCH3 is 1. The molecular weight excluding hydrogens is 262 g/mol. The van der Waals surface area contributed by atoms with Crippen molar-refractivity contribution in [3.63, 3.8) is 0 Å². The molecule has 110 valence electrons. The number of ether oxygens (including phenoxy) is 1. The molecule has 0 saturated heterocycles. The third-order valence-corrected chi connectivity index (χ3v) is 3.55. The van der Waals surface area contributed by atoms with Gasteiger partial charge in [-0.2, -0.15) is 5.10 Å². The minimum atomic E-state index is 0.509. The smallest absolute Gasteiger partial charge is 0.0764 e. The number of aromatic nitrogens is 2. The van der Waals surface area contributed by atoms with Crippen molar-refractivity contribution in [3.05, 3.63) is 18.0 Å². The second-order valence-corrected chi connectivity index (χ2v) is 5.09. The van der Waals surface area contributed by atoms with Gasteiger partial charge in [0.05, 0.1) is 18.3 Å². The van der Waals surface area contributed by atoms with Crippen molar-refractivity contribution in [3.8, 4) is 0 Å². The predicted octanol–water partition coefficient (Wildman–Crippen LogP) is 2.93. The summed E-state index contributed by atoms with van der Waals surface area (Å²) in [5, 5.41) is 4.67. The van der Waals surface area contributed by atoms with Crippen LogP contribution in [0.3, 0.4) is 0 Å². The first-order valence-electron chi connectivity index (χ1n) is 7.06. The third kappa shape index (κ3) is 5.51. The van der Waals surface area contributed by atoms with Crippen LogP contribution >= 0.6 is 11.6 Å². The average Bonchev–Trinajstić information content (AvgIpc) is 2.86. The highest BCUT2D eigenvalue weighted by Gasteiger charge is 2.10. The fourth-order valence-electron chi connectivity index (χ4n) is 2.17. The Kier molecular flexibility index (Phi) is 8.10. The minimum absolute atomic E-state index is 0.509. The summed E-state index contributed by atoms with van der Waals surface area (Å²) in [6.45, 7) is 7.72. The average molecular weight is 288 g/mol. The van der Waals surface area contributed by atoms with Crippen LogP contribution in [0.1, 0.15) is 38.4 Å². The zero-order valence-corrected chi connectivity index (χ0v) is 13.1. The minimum Gasteiger partial charge on any atom is -0.383 e. The van der Waals surface area contributed by atoms with Crippen LogP contribution in [0.25, 0.3) is 0 Å². The first-order chi connectivity index (χ1) is 9.24. The summed E-state index contributed by atoms with van der Waals surface area (Å²) in [7, 11) is 1.72. The lowest BCUT2D eigenvalue weighted by Crippen LogP contribution is -2.29. The van der Waals surface area contributed by atoms with Crippen LogP contribution in [0.5, 0.6) is 0 Å². The maximum atomic E-state index is 5.83. The number of hydrogen-bond acceptors (Lipinski definition) is 3. The molecule has 0 saturated carbocycles. The Labute approximate surface area is 121 Å². The maximum Gasteiger partial charge on any atom is 0.0764 e. The van der Waals surface area contributed by atoms with E-state index in [1.165, 1.54) is 0 Å². The Hall–Kier alpha value is -0.580. The molecule has 19 heavy (non-hydrogen) atoms. The van der Waals surface area contributed by atoms with Gasteiger partial charge in [-0.05, 0) is 18.9 Å². The van der Waals surface area contributed by atoms with Gasteiger partial charge >= 0.3 is 0 Å². The van der Waals surface area contributed by atoms with Gasteiger partial charge in [0.2, 0.25) is 0 Å². The molecule has 4 nitrogen and oxygen atoms in total. The van der Waals surface area contributed by atoms with Gasteiger partial charge in [-0.15, -0.1) is 11.6 Å². The zero-order valence-electron chi connectivity index (χ0n) is 12.3. The van der Waals surface area contributed by atoms with E-state index in [0.717, 1.165) is 44.8 Å². The van der Waals surface area contributed by atoms with Crippen molar-refractivity contribution < 1.29 is 4.74 Å². The maximum absolute atomic E-state index is 5.83. The largest absolute Gasteiger partial charge is 0.383 e. The molecule has 0 atom stereocenters. The van der Waals surface area contributed by atoms with E-state index in [4.69, 9.17) is 16.3 Å². The number of hydrogen-bond donors (Lipinski definition) is 0. The van der Waals surface area contributed by atoms with E-state index >= 15 is 0 Å². The van der Waals surface area contributed by atoms with Crippen molar-refractivity contribution in [2.24, 2.45) is 0 Å². The van der Waals surface area contributed by atoms with Crippen LogP contribution in [0, 0.1) is 0 Å². The summed E-state index contributed by atoms with van der Waals surface area (Å²) in [5.41, 5.74) is 1.10. The lowest BCUT2D eigenvalue weighted by Gasteiger charge is -2.19. The molecule has 0 amide bonds. The summed E-state index contributed by atoms with van der Waals surface area (Å²) in [6.07, 6.45) is 4.32. The fraction of sp³-hybridized carbons (Fsp3) is 0.786.